The van der Waals surface area contributed by atoms with Gasteiger partial charge in [-0.25, -0.2) is 0 Å². The van der Waals surface area contributed by atoms with Gasteiger partial charge in [0.25, 0.3) is 5.56 Å². The number of nitrogens with zero attached hydrogens (tertiary/aromatic N) is 2. The molecule has 0 radical (unpaired) electrons. The average molecular weight is 320 g/mol. The molecule has 1 atom stereocenters. The number of carbonyl (C=O) groups is 1. The molecule has 0 spiro atoms. The van der Waals surface area contributed by atoms with Crippen molar-refractivity contribution in [1.29, 1.82) is 0 Å². The predicted molar refractivity (Wildman–Crippen MR) is 90.3 cm³/mol. The summed E-state index contributed by atoms with van der Waals surface area (Å²) in [7, 11) is 1.73. The molecule has 0 fully saturated rings. The Kier molecular flexibility index (Phi) is 3.23. The van der Waals surface area contributed by atoms with Crippen LogP contribution in [0.4, 0.5) is 0 Å². The van der Waals surface area contributed by atoms with Crippen LogP contribution in [-0.4, -0.2) is 15.5 Å². The van der Waals surface area contributed by atoms with E-state index in [4.69, 9.17) is 4.74 Å². The molecule has 24 heavy (non-hydrogen) atoms. The monoisotopic (exact) mass is 320 g/mol. The summed E-state index contributed by atoms with van der Waals surface area (Å²) in [6, 6.07) is 11.4. The van der Waals surface area contributed by atoms with Crippen LogP contribution in [0.1, 0.15) is 29.2 Å². The van der Waals surface area contributed by atoms with Crippen molar-refractivity contribution in [3.05, 3.63) is 69.8 Å². The predicted octanol–water partition coefficient (Wildman–Crippen LogP) is 2.68. The summed E-state index contributed by atoms with van der Waals surface area (Å²) in [6.07, 6.45) is 1.91. The molecule has 1 aromatic carbocycles. The fourth-order valence-electron chi connectivity index (χ4n) is 3.24. The summed E-state index contributed by atoms with van der Waals surface area (Å²) < 4.78 is 6.91. The first kappa shape index (κ1) is 14.6. The van der Waals surface area contributed by atoms with Crippen molar-refractivity contribution in [2.45, 2.75) is 19.3 Å². The lowest BCUT2D eigenvalue weighted by atomic mass is 9.86. The van der Waals surface area contributed by atoms with Gasteiger partial charge in [0.15, 0.2) is 0 Å². The van der Waals surface area contributed by atoms with E-state index in [-0.39, 0.29) is 23.9 Å². The van der Waals surface area contributed by atoms with Crippen molar-refractivity contribution in [3.63, 3.8) is 0 Å². The van der Waals surface area contributed by atoms with Gasteiger partial charge in [0, 0.05) is 36.3 Å². The largest absolute Gasteiger partial charge is 0.426 e. The van der Waals surface area contributed by atoms with Gasteiger partial charge in [-0.15, -0.1) is 0 Å². The Labute approximate surface area is 138 Å². The molecule has 0 N–H and O–H groups in total. The first-order valence-electron chi connectivity index (χ1n) is 7.80. The molecule has 5 heteroatoms. The minimum Gasteiger partial charge on any atom is -0.426 e. The van der Waals surface area contributed by atoms with Crippen LogP contribution in [0, 0.1) is 6.92 Å². The highest BCUT2D eigenvalue weighted by atomic mass is 16.5. The van der Waals surface area contributed by atoms with Crippen LogP contribution in [0.2, 0.25) is 0 Å². The maximum Gasteiger partial charge on any atom is 0.312 e. The highest BCUT2D eigenvalue weighted by molar-refractivity contribution is 5.81. The number of hydrogen-bond donors (Lipinski definition) is 0. The van der Waals surface area contributed by atoms with Crippen LogP contribution >= 0.6 is 0 Å². The molecule has 120 valence electrons. The first-order valence-corrected chi connectivity index (χ1v) is 7.80. The van der Waals surface area contributed by atoms with Gasteiger partial charge in [-0.3, -0.25) is 14.6 Å². The highest BCUT2D eigenvalue weighted by Crippen LogP contribution is 2.37. The van der Waals surface area contributed by atoms with Crippen LogP contribution in [0.15, 0.2) is 47.4 Å². The number of benzene rings is 1. The minimum absolute atomic E-state index is 0.117. The van der Waals surface area contributed by atoms with Crippen molar-refractivity contribution in [2.24, 2.45) is 7.05 Å². The van der Waals surface area contributed by atoms with E-state index in [9.17, 15) is 9.59 Å². The van der Waals surface area contributed by atoms with E-state index in [1.165, 1.54) is 0 Å². The van der Waals surface area contributed by atoms with Gasteiger partial charge in [-0.1, -0.05) is 12.1 Å². The zero-order chi connectivity index (χ0) is 16.8. The van der Waals surface area contributed by atoms with Crippen molar-refractivity contribution in [2.75, 3.05) is 0 Å². The lowest BCUT2D eigenvalue weighted by molar-refractivity contribution is -0.135. The number of pyridine rings is 2. The van der Waals surface area contributed by atoms with Gasteiger partial charge in [-0.05, 0) is 30.7 Å². The zero-order valence-corrected chi connectivity index (χ0v) is 13.4. The number of esters is 1. The van der Waals surface area contributed by atoms with Crippen LogP contribution in [-0.2, 0) is 11.8 Å². The second kappa shape index (κ2) is 5.30. The first-order chi connectivity index (χ1) is 11.5. The molecular weight excluding hydrogens is 304 g/mol. The third-order valence-electron chi connectivity index (χ3n) is 4.64. The summed E-state index contributed by atoms with van der Waals surface area (Å²) in [5.41, 5.74) is 3.00. The summed E-state index contributed by atoms with van der Waals surface area (Å²) in [4.78, 5) is 29.1. The Morgan fingerprint density at radius 1 is 1.21 bits per heavy atom. The third kappa shape index (κ3) is 2.21. The molecule has 3 aromatic rings. The van der Waals surface area contributed by atoms with E-state index in [1.807, 2.05) is 37.3 Å². The van der Waals surface area contributed by atoms with Gasteiger partial charge >= 0.3 is 5.97 Å². The van der Waals surface area contributed by atoms with Crippen molar-refractivity contribution in [1.82, 2.24) is 9.55 Å². The standard InChI is InChI=1S/C19H16N2O3/c1-11-8-16-18(19(23)21(11)2)14(10-17(22)24-16)12-5-6-15-13(9-12)4-3-7-20-15/h3-9,14H,10H2,1-2H3/t14-/m0/s1. The maximum atomic E-state index is 12.7. The minimum atomic E-state index is -0.313. The van der Waals surface area contributed by atoms with Gasteiger partial charge in [0.05, 0.1) is 17.5 Å². The van der Waals surface area contributed by atoms with Crippen LogP contribution < -0.4 is 10.3 Å². The molecule has 5 nitrogen and oxygen atoms in total. The molecule has 2 aromatic heterocycles. The van der Waals surface area contributed by atoms with Gasteiger partial charge in [0.2, 0.25) is 0 Å². The average Bonchev–Trinajstić information content (AvgIpc) is 2.58. The quantitative estimate of drug-likeness (QED) is 0.647. The van der Waals surface area contributed by atoms with Crippen LogP contribution in [0.25, 0.3) is 10.9 Å². The Balaban J connectivity index is 1.94. The highest BCUT2D eigenvalue weighted by Gasteiger charge is 2.32. The Morgan fingerprint density at radius 2 is 2.04 bits per heavy atom. The van der Waals surface area contributed by atoms with Crippen LogP contribution in [0.3, 0.4) is 0 Å². The molecule has 0 bridgehead atoms. The summed E-state index contributed by atoms with van der Waals surface area (Å²) in [5, 5.41) is 0.986. The third-order valence-corrected chi connectivity index (χ3v) is 4.64. The lowest BCUT2D eigenvalue weighted by Crippen LogP contribution is -2.31. The summed E-state index contributed by atoms with van der Waals surface area (Å²) in [5.74, 6) is -0.236. The topological polar surface area (TPSA) is 61.2 Å². The number of hydrogen-bond acceptors (Lipinski definition) is 4. The Hall–Kier alpha value is -2.95. The Bertz CT molecular complexity index is 1040. The maximum absolute atomic E-state index is 12.7. The number of fused-ring (bicyclic) bond motifs is 2. The van der Waals surface area contributed by atoms with E-state index in [0.29, 0.717) is 11.3 Å². The molecular formula is C19H16N2O3. The van der Waals surface area contributed by atoms with Crippen LogP contribution in [0.5, 0.6) is 5.75 Å². The second-order valence-electron chi connectivity index (χ2n) is 6.11. The Morgan fingerprint density at radius 3 is 2.88 bits per heavy atom. The van der Waals surface area contributed by atoms with E-state index in [1.54, 1.807) is 23.9 Å². The van der Waals surface area contributed by atoms with E-state index < -0.39 is 0 Å². The number of aromatic nitrogens is 2. The molecule has 0 aliphatic carbocycles. The van der Waals surface area contributed by atoms with E-state index in [0.717, 1.165) is 22.2 Å². The van der Waals surface area contributed by atoms with Gasteiger partial charge < -0.3 is 9.30 Å². The second-order valence-corrected chi connectivity index (χ2v) is 6.11. The molecule has 0 unspecified atom stereocenters. The molecule has 0 amide bonds. The van der Waals surface area contributed by atoms with Crippen molar-refractivity contribution in [3.8, 4) is 5.75 Å². The number of ether oxygens (including phenoxy) is 1. The van der Waals surface area contributed by atoms with E-state index >= 15 is 0 Å². The lowest BCUT2D eigenvalue weighted by Gasteiger charge is -2.25. The molecule has 4 rings (SSSR count). The van der Waals surface area contributed by atoms with Crippen molar-refractivity contribution < 1.29 is 9.53 Å². The SMILES string of the molecule is Cc1cc2c(c(=O)n1C)[C@H](c1ccc3ncccc3c1)CC(=O)O2. The van der Waals surface area contributed by atoms with E-state index in [2.05, 4.69) is 4.98 Å². The number of rotatable bonds is 1. The molecule has 1 aliphatic rings. The molecule has 3 heterocycles. The molecule has 0 saturated heterocycles. The normalized spacial score (nSPS) is 16.8. The zero-order valence-electron chi connectivity index (χ0n) is 13.4. The smallest absolute Gasteiger partial charge is 0.312 e. The van der Waals surface area contributed by atoms with Gasteiger partial charge in [0.1, 0.15) is 5.75 Å². The summed E-state index contributed by atoms with van der Waals surface area (Å²) >= 11 is 0. The summed E-state index contributed by atoms with van der Waals surface area (Å²) in [6.45, 7) is 1.82. The number of carbonyl (C=O) groups excluding carboxylic acids is 1. The van der Waals surface area contributed by atoms with Crippen molar-refractivity contribution >= 4 is 16.9 Å². The number of aryl methyl sites for hydroxylation is 1. The molecule has 1 aliphatic heterocycles. The molecule has 0 saturated carbocycles. The fourth-order valence-corrected chi connectivity index (χ4v) is 3.24. The van der Waals surface area contributed by atoms with Gasteiger partial charge in [-0.2, -0.15) is 0 Å². The fraction of sp³-hybridized carbons (Fsp3) is 0.211.